The molecule has 37 heavy (non-hydrogen) atoms. The minimum atomic E-state index is -0.742. The lowest BCUT2D eigenvalue weighted by molar-refractivity contribution is -0.120. The molecule has 0 saturated carbocycles. The highest BCUT2D eigenvalue weighted by Crippen LogP contribution is 2.29. The van der Waals surface area contributed by atoms with Gasteiger partial charge in [0, 0.05) is 29.7 Å². The molecular formula is C29H23ClN4O3. The topological polar surface area (TPSA) is 91.4 Å². The summed E-state index contributed by atoms with van der Waals surface area (Å²) in [4.78, 5) is 45.3. The first-order valence-electron chi connectivity index (χ1n) is 11.7. The van der Waals surface area contributed by atoms with E-state index in [4.69, 9.17) is 11.6 Å². The molecule has 184 valence electrons. The van der Waals surface area contributed by atoms with Gasteiger partial charge in [-0.15, -0.1) is 0 Å². The van der Waals surface area contributed by atoms with Gasteiger partial charge < -0.3 is 15.5 Å². The highest BCUT2D eigenvalue weighted by Gasteiger charge is 2.35. The van der Waals surface area contributed by atoms with E-state index in [-0.39, 0.29) is 24.3 Å². The standard InChI is InChI=1S/C29H23ClN4O3/c30-22-13-14-23-24(17-22)32-28(36)25(16-19-6-2-1-3-7-19)34(29(23)37)18-20-9-11-21(12-10-20)27(35)33-26-8-4-5-15-31-26/h1-15,17,25H,16,18H2,(H,32,36)(H,31,33,35)/t25-/m1/s1. The van der Waals surface area contributed by atoms with Gasteiger partial charge in [0.05, 0.1) is 11.3 Å². The number of halogens is 1. The van der Waals surface area contributed by atoms with E-state index in [1.165, 1.54) is 0 Å². The van der Waals surface area contributed by atoms with Crippen molar-refractivity contribution in [2.24, 2.45) is 0 Å². The summed E-state index contributed by atoms with van der Waals surface area (Å²) in [5.74, 6) is -0.393. The summed E-state index contributed by atoms with van der Waals surface area (Å²) in [6.45, 7) is 0.188. The molecule has 5 rings (SSSR count). The normalized spacial score (nSPS) is 14.9. The van der Waals surface area contributed by atoms with Gasteiger partial charge >= 0.3 is 0 Å². The number of aromatic nitrogens is 1. The molecule has 7 nitrogen and oxygen atoms in total. The Morgan fingerprint density at radius 2 is 1.68 bits per heavy atom. The molecule has 0 saturated heterocycles. The summed E-state index contributed by atoms with van der Waals surface area (Å²) < 4.78 is 0. The molecule has 1 atom stereocenters. The molecule has 3 amide bonds. The third-order valence-electron chi connectivity index (χ3n) is 6.16. The van der Waals surface area contributed by atoms with Gasteiger partial charge in [-0.1, -0.05) is 60.1 Å². The molecule has 2 heterocycles. The fourth-order valence-electron chi connectivity index (χ4n) is 4.27. The van der Waals surface area contributed by atoms with Crippen LogP contribution in [0.3, 0.4) is 0 Å². The van der Waals surface area contributed by atoms with Crippen molar-refractivity contribution in [3.8, 4) is 0 Å². The Morgan fingerprint density at radius 1 is 0.919 bits per heavy atom. The van der Waals surface area contributed by atoms with E-state index in [1.54, 1.807) is 71.8 Å². The van der Waals surface area contributed by atoms with Gasteiger partial charge in [0.25, 0.3) is 11.8 Å². The summed E-state index contributed by atoms with van der Waals surface area (Å²) in [5.41, 5.74) is 2.94. The molecular weight excluding hydrogens is 488 g/mol. The third kappa shape index (κ3) is 5.52. The van der Waals surface area contributed by atoms with E-state index in [1.807, 2.05) is 30.3 Å². The average Bonchev–Trinajstić information content (AvgIpc) is 3.00. The second kappa shape index (κ2) is 10.6. The highest BCUT2D eigenvalue weighted by molar-refractivity contribution is 6.31. The molecule has 1 aromatic heterocycles. The van der Waals surface area contributed by atoms with E-state index < -0.39 is 6.04 Å². The van der Waals surface area contributed by atoms with Crippen LogP contribution >= 0.6 is 11.6 Å². The molecule has 4 aromatic rings. The number of pyridine rings is 1. The number of nitrogens with zero attached hydrogens (tertiary/aromatic N) is 2. The number of carbonyl (C=O) groups is 3. The minimum Gasteiger partial charge on any atom is -0.323 e. The molecule has 0 spiro atoms. The van der Waals surface area contributed by atoms with Gasteiger partial charge in [0.1, 0.15) is 11.9 Å². The summed E-state index contributed by atoms with van der Waals surface area (Å²) in [5, 5.41) is 6.06. The molecule has 0 bridgehead atoms. The number of amides is 3. The van der Waals surface area contributed by atoms with Crippen LogP contribution in [0.5, 0.6) is 0 Å². The van der Waals surface area contributed by atoms with Crippen LogP contribution in [0, 0.1) is 0 Å². The van der Waals surface area contributed by atoms with Gasteiger partial charge in [-0.25, -0.2) is 4.98 Å². The van der Waals surface area contributed by atoms with Crippen LogP contribution in [0.25, 0.3) is 0 Å². The maximum Gasteiger partial charge on any atom is 0.256 e. The first-order valence-corrected chi connectivity index (χ1v) is 12.1. The Hall–Kier alpha value is -4.49. The number of hydrogen-bond donors (Lipinski definition) is 2. The Balaban J connectivity index is 1.42. The van der Waals surface area contributed by atoms with Crippen LogP contribution in [0.2, 0.25) is 5.02 Å². The van der Waals surface area contributed by atoms with E-state index in [2.05, 4.69) is 15.6 Å². The van der Waals surface area contributed by atoms with Crippen molar-refractivity contribution in [1.29, 1.82) is 0 Å². The Morgan fingerprint density at radius 3 is 2.41 bits per heavy atom. The quantitative estimate of drug-likeness (QED) is 0.373. The molecule has 8 heteroatoms. The molecule has 3 aromatic carbocycles. The zero-order chi connectivity index (χ0) is 25.8. The molecule has 0 fully saturated rings. The highest BCUT2D eigenvalue weighted by atomic mass is 35.5. The molecule has 1 aliphatic rings. The van der Waals surface area contributed by atoms with Crippen LogP contribution in [-0.2, 0) is 17.8 Å². The van der Waals surface area contributed by atoms with Crippen molar-refractivity contribution in [3.05, 3.63) is 124 Å². The average molecular weight is 511 g/mol. The molecule has 0 unspecified atom stereocenters. The third-order valence-corrected chi connectivity index (χ3v) is 6.39. The molecule has 2 N–H and O–H groups in total. The van der Waals surface area contributed by atoms with Crippen LogP contribution in [-0.4, -0.2) is 33.6 Å². The van der Waals surface area contributed by atoms with Gasteiger partial charge in [0.15, 0.2) is 0 Å². The Kier molecular flexibility index (Phi) is 6.96. The number of rotatable bonds is 6. The summed E-state index contributed by atoms with van der Waals surface area (Å²) in [6.07, 6.45) is 1.95. The predicted octanol–water partition coefficient (Wildman–Crippen LogP) is 5.19. The number of benzene rings is 3. The minimum absolute atomic E-state index is 0.188. The lowest BCUT2D eigenvalue weighted by Gasteiger charge is -2.29. The first-order chi connectivity index (χ1) is 18.0. The van der Waals surface area contributed by atoms with Crippen molar-refractivity contribution in [2.45, 2.75) is 19.0 Å². The summed E-state index contributed by atoms with van der Waals surface area (Å²) >= 11 is 6.14. The van der Waals surface area contributed by atoms with Crippen molar-refractivity contribution < 1.29 is 14.4 Å². The maximum atomic E-state index is 13.7. The van der Waals surface area contributed by atoms with Crippen LogP contribution in [0.4, 0.5) is 11.5 Å². The van der Waals surface area contributed by atoms with Crippen LogP contribution in [0.1, 0.15) is 31.8 Å². The Bertz CT molecular complexity index is 1440. The first kappa shape index (κ1) is 24.2. The SMILES string of the molecule is O=C(Nc1ccccn1)c1ccc(CN2C(=O)c3ccc(Cl)cc3NC(=O)[C@H]2Cc2ccccc2)cc1. The number of fused-ring (bicyclic) bond motifs is 1. The number of nitrogens with one attached hydrogen (secondary N) is 2. The largest absolute Gasteiger partial charge is 0.323 e. The van der Waals surface area contributed by atoms with Gasteiger partial charge in [-0.3, -0.25) is 14.4 Å². The zero-order valence-corrected chi connectivity index (χ0v) is 20.5. The van der Waals surface area contributed by atoms with E-state index in [9.17, 15) is 14.4 Å². The van der Waals surface area contributed by atoms with E-state index in [0.29, 0.717) is 34.1 Å². The van der Waals surface area contributed by atoms with Crippen molar-refractivity contribution in [1.82, 2.24) is 9.88 Å². The number of hydrogen-bond acceptors (Lipinski definition) is 4. The molecule has 1 aliphatic heterocycles. The molecule has 0 aliphatic carbocycles. The lowest BCUT2D eigenvalue weighted by Crippen LogP contribution is -2.46. The number of anilines is 2. The smallest absolute Gasteiger partial charge is 0.256 e. The van der Waals surface area contributed by atoms with Crippen molar-refractivity contribution in [2.75, 3.05) is 10.6 Å². The van der Waals surface area contributed by atoms with E-state index >= 15 is 0 Å². The fourth-order valence-corrected chi connectivity index (χ4v) is 4.44. The zero-order valence-electron chi connectivity index (χ0n) is 19.7. The Labute approximate surface area is 219 Å². The van der Waals surface area contributed by atoms with Gasteiger partial charge in [-0.2, -0.15) is 0 Å². The van der Waals surface area contributed by atoms with Crippen molar-refractivity contribution >= 4 is 40.8 Å². The summed E-state index contributed by atoms with van der Waals surface area (Å²) in [7, 11) is 0. The van der Waals surface area contributed by atoms with Crippen LogP contribution in [0.15, 0.2) is 97.2 Å². The molecule has 0 radical (unpaired) electrons. The van der Waals surface area contributed by atoms with Crippen LogP contribution < -0.4 is 10.6 Å². The predicted molar refractivity (Wildman–Crippen MR) is 143 cm³/mol. The monoisotopic (exact) mass is 510 g/mol. The maximum absolute atomic E-state index is 13.7. The van der Waals surface area contributed by atoms with Gasteiger partial charge in [0.2, 0.25) is 5.91 Å². The second-order valence-corrected chi connectivity index (χ2v) is 9.12. The lowest BCUT2D eigenvalue weighted by atomic mass is 10.0. The fraction of sp³-hybridized carbons (Fsp3) is 0.103. The van der Waals surface area contributed by atoms with Gasteiger partial charge in [-0.05, 0) is 53.6 Å². The summed E-state index contributed by atoms with van der Waals surface area (Å²) in [6, 6.07) is 25.9. The van der Waals surface area contributed by atoms with Crippen molar-refractivity contribution in [3.63, 3.8) is 0 Å². The number of carbonyl (C=O) groups excluding carboxylic acids is 3. The van der Waals surface area contributed by atoms with E-state index in [0.717, 1.165) is 11.1 Å². The second-order valence-electron chi connectivity index (χ2n) is 8.68.